The molecule has 1 N–H and O–H groups in total. The standard InChI is InChI=1S/C17H26N6O/c1-6-14(16-10(2)21-22(5)11(16)3)18-17(24)13-7-8-15-20-19-12(4)23(15)9-13/h13-14H,6-9H2,1-5H3,(H,18,24)/t13-,14-/m1/s1. The molecule has 2 aromatic rings. The quantitative estimate of drug-likeness (QED) is 0.927. The maximum absolute atomic E-state index is 12.8. The number of nitrogens with zero attached hydrogens (tertiary/aromatic N) is 5. The summed E-state index contributed by atoms with van der Waals surface area (Å²) >= 11 is 0. The van der Waals surface area contributed by atoms with E-state index < -0.39 is 0 Å². The second-order valence-corrected chi connectivity index (χ2v) is 6.69. The van der Waals surface area contributed by atoms with Crippen molar-refractivity contribution in [2.45, 2.75) is 59.5 Å². The summed E-state index contributed by atoms with van der Waals surface area (Å²) in [6, 6.07) is 0.00889. The molecule has 7 nitrogen and oxygen atoms in total. The van der Waals surface area contributed by atoms with Gasteiger partial charge in [0.25, 0.3) is 0 Å². The predicted octanol–water partition coefficient (Wildman–Crippen LogP) is 1.77. The summed E-state index contributed by atoms with van der Waals surface area (Å²) in [7, 11) is 1.94. The number of carbonyl (C=O) groups is 1. The molecule has 0 bridgehead atoms. The largest absolute Gasteiger partial charge is 0.349 e. The van der Waals surface area contributed by atoms with Gasteiger partial charge in [0, 0.05) is 31.3 Å². The first kappa shape index (κ1) is 16.7. The summed E-state index contributed by atoms with van der Waals surface area (Å²) in [6.45, 7) is 8.76. The van der Waals surface area contributed by atoms with E-state index in [1.165, 1.54) is 0 Å². The van der Waals surface area contributed by atoms with E-state index in [2.05, 4.69) is 39.0 Å². The molecule has 3 heterocycles. The van der Waals surface area contributed by atoms with E-state index in [1.807, 2.05) is 25.6 Å². The lowest BCUT2D eigenvalue weighted by molar-refractivity contribution is -0.126. The van der Waals surface area contributed by atoms with Crippen LogP contribution in [0.25, 0.3) is 0 Å². The summed E-state index contributed by atoms with van der Waals surface area (Å²) in [6.07, 6.45) is 2.48. The molecule has 0 spiro atoms. The predicted molar refractivity (Wildman–Crippen MR) is 90.4 cm³/mol. The van der Waals surface area contributed by atoms with Gasteiger partial charge in [0.2, 0.25) is 5.91 Å². The third-order valence-electron chi connectivity index (χ3n) is 5.14. The molecule has 0 aliphatic carbocycles. The van der Waals surface area contributed by atoms with E-state index in [9.17, 15) is 4.79 Å². The first-order valence-electron chi connectivity index (χ1n) is 8.61. The van der Waals surface area contributed by atoms with Crippen molar-refractivity contribution >= 4 is 5.91 Å². The van der Waals surface area contributed by atoms with Crippen LogP contribution in [0.1, 0.15) is 54.4 Å². The third kappa shape index (κ3) is 2.83. The normalized spacial score (nSPS) is 18.3. The van der Waals surface area contributed by atoms with Crippen LogP contribution in [0, 0.1) is 26.7 Å². The smallest absolute Gasteiger partial charge is 0.225 e. The first-order valence-corrected chi connectivity index (χ1v) is 8.61. The molecule has 1 aliphatic heterocycles. The lowest BCUT2D eigenvalue weighted by Gasteiger charge is -2.26. The second-order valence-electron chi connectivity index (χ2n) is 6.69. The lowest BCUT2D eigenvalue weighted by atomic mass is 9.96. The Labute approximate surface area is 142 Å². The molecule has 1 aliphatic rings. The van der Waals surface area contributed by atoms with Gasteiger partial charge < -0.3 is 9.88 Å². The SMILES string of the molecule is CC[C@@H](NC(=O)[C@@H]1CCc2nnc(C)n2C1)c1c(C)nn(C)c1C. The van der Waals surface area contributed by atoms with E-state index in [0.717, 1.165) is 47.9 Å². The maximum atomic E-state index is 12.8. The number of aryl methyl sites for hydroxylation is 4. The molecule has 2 atom stereocenters. The average Bonchev–Trinajstić information content (AvgIpc) is 3.05. The van der Waals surface area contributed by atoms with Crippen LogP contribution in [0.5, 0.6) is 0 Å². The molecular formula is C17H26N6O. The van der Waals surface area contributed by atoms with Crippen molar-refractivity contribution in [3.8, 4) is 0 Å². The van der Waals surface area contributed by atoms with Gasteiger partial charge in [-0.3, -0.25) is 9.48 Å². The van der Waals surface area contributed by atoms with E-state index in [0.29, 0.717) is 6.54 Å². The first-order chi connectivity index (χ1) is 11.4. The molecule has 3 rings (SSSR count). The minimum absolute atomic E-state index is 0.00889. The van der Waals surface area contributed by atoms with Crippen LogP contribution in [0.4, 0.5) is 0 Å². The highest BCUT2D eigenvalue weighted by Crippen LogP contribution is 2.26. The molecule has 130 valence electrons. The summed E-state index contributed by atoms with van der Waals surface area (Å²) in [5, 5.41) is 16.0. The van der Waals surface area contributed by atoms with Gasteiger partial charge in [-0.05, 0) is 33.6 Å². The highest BCUT2D eigenvalue weighted by molar-refractivity contribution is 5.79. The number of nitrogens with one attached hydrogen (secondary N) is 1. The molecule has 0 fully saturated rings. The van der Waals surface area contributed by atoms with E-state index in [4.69, 9.17) is 0 Å². The third-order valence-corrected chi connectivity index (χ3v) is 5.14. The summed E-state index contributed by atoms with van der Waals surface area (Å²) in [5.74, 6) is 1.96. The minimum Gasteiger partial charge on any atom is -0.349 e. The fourth-order valence-corrected chi connectivity index (χ4v) is 3.64. The summed E-state index contributed by atoms with van der Waals surface area (Å²) in [5.41, 5.74) is 3.24. The Kier molecular flexibility index (Phi) is 4.43. The van der Waals surface area contributed by atoms with Crippen LogP contribution in [-0.4, -0.2) is 30.5 Å². The van der Waals surface area contributed by atoms with E-state index in [1.54, 1.807) is 0 Å². The van der Waals surface area contributed by atoms with Gasteiger partial charge in [-0.25, -0.2) is 0 Å². The number of carbonyl (C=O) groups excluding carboxylic acids is 1. The van der Waals surface area contributed by atoms with Crippen molar-refractivity contribution in [1.29, 1.82) is 0 Å². The number of amides is 1. The molecule has 7 heteroatoms. The Morgan fingerprint density at radius 3 is 2.71 bits per heavy atom. The van der Waals surface area contributed by atoms with Crippen LogP contribution in [0.3, 0.4) is 0 Å². The van der Waals surface area contributed by atoms with Gasteiger partial charge >= 0.3 is 0 Å². The van der Waals surface area contributed by atoms with Gasteiger partial charge in [-0.2, -0.15) is 5.10 Å². The second kappa shape index (κ2) is 6.37. The molecular weight excluding hydrogens is 304 g/mol. The van der Waals surface area contributed by atoms with Gasteiger partial charge in [0.1, 0.15) is 11.6 Å². The minimum atomic E-state index is -0.0291. The van der Waals surface area contributed by atoms with Crippen LogP contribution in [0.2, 0.25) is 0 Å². The summed E-state index contributed by atoms with van der Waals surface area (Å²) < 4.78 is 3.95. The van der Waals surface area contributed by atoms with Crippen LogP contribution >= 0.6 is 0 Å². The molecule has 0 unspecified atom stereocenters. The average molecular weight is 330 g/mol. The Balaban J connectivity index is 1.75. The molecule has 24 heavy (non-hydrogen) atoms. The van der Waals surface area contributed by atoms with E-state index in [-0.39, 0.29) is 17.9 Å². The molecule has 1 amide bonds. The molecule has 2 aromatic heterocycles. The number of aromatic nitrogens is 5. The zero-order valence-electron chi connectivity index (χ0n) is 15.1. The molecule has 0 aromatic carbocycles. The van der Waals surface area contributed by atoms with Gasteiger partial charge in [0.15, 0.2) is 0 Å². The van der Waals surface area contributed by atoms with Crippen molar-refractivity contribution < 1.29 is 4.79 Å². The number of hydrogen-bond acceptors (Lipinski definition) is 4. The Hall–Kier alpha value is -2.18. The topological polar surface area (TPSA) is 77.6 Å². The molecule has 0 saturated heterocycles. The van der Waals surface area contributed by atoms with Crippen molar-refractivity contribution in [3.05, 3.63) is 28.6 Å². The highest BCUT2D eigenvalue weighted by Gasteiger charge is 2.29. The Bertz CT molecular complexity index is 759. The highest BCUT2D eigenvalue weighted by atomic mass is 16.2. The van der Waals surface area contributed by atoms with Crippen LogP contribution in [0.15, 0.2) is 0 Å². The van der Waals surface area contributed by atoms with E-state index >= 15 is 0 Å². The zero-order valence-corrected chi connectivity index (χ0v) is 15.1. The lowest BCUT2D eigenvalue weighted by Crippen LogP contribution is -2.38. The molecule has 0 saturated carbocycles. The number of rotatable bonds is 4. The van der Waals surface area contributed by atoms with Crippen molar-refractivity contribution in [2.24, 2.45) is 13.0 Å². The van der Waals surface area contributed by atoms with Crippen molar-refractivity contribution in [3.63, 3.8) is 0 Å². The Morgan fingerprint density at radius 2 is 2.08 bits per heavy atom. The van der Waals surface area contributed by atoms with Gasteiger partial charge in [-0.1, -0.05) is 6.92 Å². The van der Waals surface area contributed by atoms with Crippen LogP contribution < -0.4 is 5.32 Å². The number of hydrogen-bond donors (Lipinski definition) is 1. The number of fused-ring (bicyclic) bond motifs is 1. The van der Waals surface area contributed by atoms with Crippen LogP contribution in [-0.2, 0) is 24.8 Å². The maximum Gasteiger partial charge on any atom is 0.225 e. The van der Waals surface area contributed by atoms with Gasteiger partial charge in [0.05, 0.1) is 17.7 Å². The molecule has 0 radical (unpaired) electrons. The fourth-order valence-electron chi connectivity index (χ4n) is 3.64. The van der Waals surface area contributed by atoms with Crippen molar-refractivity contribution in [2.75, 3.05) is 0 Å². The fraction of sp³-hybridized carbons (Fsp3) is 0.647. The van der Waals surface area contributed by atoms with Gasteiger partial charge in [-0.15, -0.1) is 10.2 Å². The summed E-state index contributed by atoms with van der Waals surface area (Å²) in [4.78, 5) is 12.8. The Morgan fingerprint density at radius 1 is 1.33 bits per heavy atom. The zero-order chi connectivity index (χ0) is 17.4. The monoisotopic (exact) mass is 330 g/mol. The van der Waals surface area contributed by atoms with Crippen molar-refractivity contribution in [1.82, 2.24) is 29.9 Å².